The summed E-state index contributed by atoms with van der Waals surface area (Å²) in [5, 5.41) is 26.8. The van der Waals surface area contributed by atoms with Crippen LogP contribution in [0.15, 0.2) is 109 Å². The van der Waals surface area contributed by atoms with Crippen molar-refractivity contribution in [2.24, 2.45) is 23.7 Å². The van der Waals surface area contributed by atoms with Gasteiger partial charge in [-0.3, -0.25) is 28.8 Å². The van der Waals surface area contributed by atoms with E-state index in [1.54, 1.807) is 13.8 Å². The first kappa shape index (κ1) is 49.2. The second-order valence-corrected chi connectivity index (χ2v) is 14.9. The Morgan fingerprint density at radius 2 is 0.864 bits per heavy atom. The predicted octanol–water partition coefficient (Wildman–Crippen LogP) is 10.0. The number of carboxylic acid groups (broad SMARTS) is 3. The first-order valence-corrected chi connectivity index (χ1v) is 19.9. The summed E-state index contributed by atoms with van der Waals surface area (Å²) in [7, 11) is 0. The fraction of sp³-hybridized carbons (Fsp3) is 0.388. The quantitative estimate of drug-likeness (QED) is 0.0612. The topological polar surface area (TPSA) is 172 Å². The van der Waals surface area contributed by atoms with E-state index in [2.05, 4.69) is 24.3 Å². The van der Waals surface area contributed by atoms with E-state index >= 15 is 0 Å². The van der Waals surface area contributed by atoms with Gasteiger partial charge in [0.2, 0.25) is 0 Å². The minimum Gasteiger partial charge on any atom is -0.481 e. The summed E-state index contributed by atoms with van der Waals surface area (Å²) in [5.41, 5.74) is 6.59. The van der Waals surface area contributed by atoms with E-state index in [0.717, 1.165) is 33.4 Å². The zero-order valence-corrected chi connectivity index (χ0v) is 33.7. The summed E-state index contributed by atoms with van der Waals surface area (Å²) in [6.07, 6.45) is 2.27. The number of carbonyl (C=O) groups excluding carboxylic acids is 3. The van der Waals surface area contributed by atoms with Crippen molar-refractivity contribution in [3.8, 4) is 22.3 Å². The highest BCUT2D eigenvalue weighted by Gasteiger charge is 2.24. The van der Waals surface area contributed by atoms with Crippen molar-refractivity contribution in [1.82, 2.24) is 0 Å². The Morgan fingerprint density at radius 1 is 0.508 bits per heavy atom. The predicted molar refractivity (Wildman–Crippen MR) is 230 cm³/mol. The van der Waals surface area contributed by atoms with E-state index in [1.165, 1.54) is 0 Å². The molecule has 59 heavy (non-hydrogen) atoms. The zero-order valence-electron chi connectivity index (χ0n) is 33.7. The third-order valence-electron chi connectivity index (χ3n) is 9.92. The van der Waals surface area contributed by atoms with Crippen molar-refractivity contribution < 1.29 is 48.8 Å². The molecule has 0 heterocycles. The Labute approximate surface area is 348 Å². The average Bonchev–Trinajstić information content (AvgIpc) is 3.20. The number of aliphatic carboxylic acids is 3. The van der Waals surface area contributed by atoms with Crippen LogP contribution in [0.1, 0.15) is 90.7 Å². The monoisotopic (exact) mass is 808 g/mol. The summed E-state index contributed by atoms with van der Waals surface area (Å²) in [6, 6.07) is 36.4. The van der Waals surface area contributed by atoms with Crippen LogP contribution in [0.2, 0.25) is 0 Å². The number of hydrogen-bond donors (Lipinski definition) is 3. The van der Waals surface area contributed by atoms with Gasteiger partial charge < -0.3 is 20.1 Å². The molecule has 0 aliphatic carbocycles. The highest BCUT2D eigenvalue weighted by molar-refractivity contribution is 5.83. The standard InChI is InChI=1S/C25H30O5.C23H26O5.CH4/c1-3-30-25(29)18(2)15-20(17-23(26)13-14-24(27)28)16-19-9-11-22(12-10-19)21-7-5-4-6-8-21;1-16(23(27)28)13-18(15-21(24)11-12-22(25)26)14-17-7-9-20(10-8-17)19-5-3-2-4-6-19;/h4-12,18,20H,3,13-17H2,1-2H3,(H,27,28);2-10,16,18H,11-15H2,1H3,(H,25,26)(H,27,28);1H4/t18-,20+;16-,18+;/m11./s1. The number of carboxylic acids is 3. The minimum absolute atomic E-state index is 0. The largest absolute Gasteiger partial charge is 0.481 e. The zero-order chi connectivity index (χ0) is 42.5. The molecule has 0 radical (unpaired) electrons. The maximum Gasteiger partial charge on any atom is 0.308 e. The molecule has 0 fully saturated rings. The average molecular weight is 809 g/mol. The van der Waals surface area contributed by atoms with Crippen molar-refractivity contribution in [3.05, 3.63) is 120 Å². The lowest BCUT2D eigenvalue weighted by atomic mass is 9.85. The van der Waals surface area contributed by atoms with E-state index in [4.69, 9.17) is 14.9 Å². The summed E-state index contributed by atoms with van der Waals surface area (Å²) in [4.78, 5) is 69.1. The fourth-order valence-electron chi connectivity index (χ4n) is 6.89. The molecule has 4 rings (SSSR count). The van der Waals surface area contributed by atoms with Crippen molar-refractivity contribution in [2.45, 2.75) is 92.4 Å². The highest BCUT2D eigenvalue weighted by atomic mass is 16.5. The van der Waals surface area contributed by atoms with E-state index in [0.29, 0.717) is 32.3 Å². The van der Waals surface area contributed by atoms with Gasteiger partial charge in [-0.15, -0.1) is 0 Å². The number of ether oxygens (including phenoxy) is 1. The molecule has 316 valence electrons. The number of hydrogen-bond acceptors (Lipinski definition) is 7. The number of rotatable bonds is 23. The van der Waals surface area contributed by atoms with Gasteiger partial charge in [0, 0.05) is 25.7 Å². The Morgan fingerprint density at radius 3 is 1.20 bits per heavy atom. The second-order valence-electron chi connectivity index (χ2n) is 14.9. The molecule has 0 aromatic heterocycles. The third kappa shape index (κ3) is 18.9. The third-order valence-corrected chi connectivity index (χ3v) is 9.92. The molecule has 0 unspecified atom stereocenters. The van der Waals surface area contributed by atoms with Crippen LogP contribution in [0.3, 0.4) is 0 Å². The lowest BCUT2D eigenvalue weighted by Crippen LogP contribution is -2.21. The number of Topliss-reactive ketones (excluding diaryl/α,β-unsaturated/α-hetero) is 2. The van der Waals surface area contributed by atoms with Crippen molar-refractivity contribution in [3.63, 3.8) is 0 Å². The molecular formula is C49H60O10. The molecule has 4 atom stereocenters. The summed E-state index contributed by atoms with van der Waals surface area (Å²) < 4.78 is 5.10. The summed E-state index contributed by atoms with van der Waals surface area (Å²) in [5.74, 6) is -4.39. The molecule has 4 aromatic rings. The number of benzene rings is 4. The first-order valence-electron chi connectivity index (χ1n) is 19.9. The van der Waals surface area contributed by atoms with Crippen molar-refractivity contribution >= 4 is 35.4 Å². The van der Waals surface area contributed by atoms with Gasteiger partial charge in [-0.05, 0) is 77.8 Å². The van der Waals surface area contributed by atoms with Crippen LogP contribution >= 0.6 is 0 Å². The molecule has 3 N–H and O–H groups in total. The van der Waals surface area contributed by atoms with Gasteiger partial charge in [-0.25, -0.2) is 0 Å². The molecule has 0 saturated carbocycles. The minimum atomic E-state index is -1.000. The van der Waals surface area contributed by atoms with Crippen molar-refractivity contribution in [1.29, 1.82) is 0 Å². The molecule has 0 aliphatic rings. The summed E-state index contributed by atoms with van der Waals surface area (Å²) >= 11 is 0. The number of carbonyl (C=O) groups is 6. The first-order chi connectivity index (χ1) is 27.7. The SMILES string of the molecule is C.CCOC(=O)[C@H](C)C[C@H](CC(=O)CCC(=O)O)Cc1ccc(-c2ccccc2)cc1.C[C@H](C[C@H](CC(=O)CCC(=O)O)Cc1ccc(-c2ccccc2)cc1)C(=O)O. The fourth-order valence-corrected chi connectivity index (χ4v) is 6.89. The molecular weight excluding hydrogens is 749 g/mol. The van der Waals surface area contributed by atoms with Crippen LogP contribution in [-0.4, -0.2) is 57.4 Å². The van der Waals surface area contributed by atoms with Crippen LogP contribution < -0.4 is 0 Å². The number of esters is 1. The van der Waals surface area contributed by atoms with Gasteiger partial charge in [0.25, 0.3) is 0 Å². The Kier molecular flexibility index (Phi) is 21.8. The lowest BCUT2D eigenvalue weighted by Gasteiger charge is -2.20. The van der Waals surface area contributed by atoms with Crippen LogP contribution in [0, 0.1) is 23.7 Å². The molecule has 0 aliphatic heterocycles. The Balaban J connectivity index is 0.000000401. The highest BCUT2D eigenvalue weighted by Crippen LogP contribution is 2.27. The van der Waals surface area contributed by atoms with Crippen LogP contribution in [0.4, 0.5) is 0 Å². The smallest absolute Gasteiger partial charge is 0.308 e. The molecule has 0 spiro atoms. The van der Waals surface area contributed by atoms with Gasteiger partial charge in [0.1, 0.15) is 11.6 Å². The van der Waals surface area contributed by atoms with Gasteiger partial charge in [0.15, 0.2) is 0 Å². The Bertz CT molecular complexity index is 1900. The number of ketones is 2. The van der Waals surface area contributed by atoms with Gasteiger partial charge >= 0.3 is 23.9 Å². The van der Waals surface area contributed by atoms with E-state index in [-0.39, 0.29) is 81.2 Å². The molecule has 10 nitrogen and oxygen atoms in total. The van der Waals surface area contributed by atoms with Crippen LogP contribution in [0.25, 0.3) is 22.3 Å². The molecule has 0 amide bonds. The van der Waals surface area contributed by atoms with E-state index < -0.39 is 23.8 Å². The maximum atomic E-state index is 12.3. The summed E-state index contributed by atoms with van der Waals surface area (Å²) in [6.45, 7) is 5.54. The van der Waals surface area contributed by atoms with Gasteiger partial charge in [-0.1, -0.05) is 130 Å². The van der Waals surface area contributed by atoms with Crippen molar-refractivity contribution in [2.75, 3.05) is 6.61 Å². The molecule has 10 heteroatoms. The van der Waals surface area contributed by atoms with E-state index in [9.17, 15) is 33.9 Å². The second kappa shape index (κ2) is 26.2. The molecule has 0 saturated heterocycles. The molecule has 0 bridgehead atoms. The Hall–Kier alpha value is -5.90. The lowest BCUT2D eigenvalue weighted by molar-refractivity contribution is -0.148. The normalized spacial score (nSPS) is 12.6. The van der Waals surface area contributed by atoms with Crippen LogP contribution in [-0.2, 0) is 46.3 Å². The molecule has 4 aromatic carbocycles. The van der Waals surface area contributed by atoms with Crippen LogP contribution in [0.5, 0.6) is 0 Å². The van der Waals surface area contributed by atoms with E-state index in [1.807, 2.05) is 91.9 Å². The maximum absolute atomic E-state index is 12.3. The van der Waals surface area contributed by atoms with Gasteiger partial charge in [-0.2, -0.15) is 0 Å². The van der Waals surface area contributed by atoms with Gasteiger partial charge in [0.05, 0.1) is 31.3 Å².